The maximum atomic E-state index is 12.8. The average molecular weight is 639 g/mol. The minimum atomic E-state index is -3.64. The van der Waals surface area contributed by atoms with Gasteiger partial charge in [0.05, 0.1) is 9.79 Å². The standard InChI is InChI=1S/C32H38N4O6S2/c37-31(33-25-15-19-29(20-16-25)43(39,40)35-27-7-3-1-4-8-27)23-11-13-24(14-12-23)32(38)34-26-17-21-30(22-18-26)44(41,42)36-28-9-5-2-6-10-28/h11-22,27-28,35-36H,1-10H2,(H,33,37)(H,34,38). The second-order valence-corrected chi connectivity index (χ2v) is 14.9. The van der Waals surface area contributed by atoms with Crippen molar-refractivity contribution in [2.24, 2.45) is 0 Å². The molecule has 0 bridgehead atoms. The van der Waals surface area contributed by atoms with Gasteiger partial charge in [-0.25, -0.2) is 26.3 Å². The van der Waals surface area contributed by atoms with Gasteiger partial charge in [-0.1, -0.05) is 38.5 Å². The van der Waals surface area contributed by atoms with Crippen LogP contribution in [0, 0.1) is 0 Å². The Hall–Kier alpha value is -3.58. The smallest absolute Gasteiger partial charge is 0.255 e. The van der Waals surface area contributed by atoms with Crippen LogP contribution in [0.2, 0.25) is 0 Å². The normalized spacial score (nSPS) is 16.7. The number of nitrogens with one attached hydrogen (secondary N) is 4. The van der Waals surface area contributed by atoms with Gasteiger partial charge in [0.1, 0.15) is 0 Å². The Balaban J connectivity index is 1.14. The van der Waals surface area contributed by atoms with Crippen LogP contribution in [0.1, 0.15) is 84.9 Å². The summed E-state index contributed by atoms with van der Waals surface area (Å²) in [5.41, 5.74) is 1.51. The molecule has 10 nitrogen and oxygen atoms in total. The fourth-order valence-electron chi connectivity index (χ4n) is 5.63. The van der Waals surface area contributed by atoms with Gasteiger partial charge in [-0.15, -0.1) is 0 Å². The first-order chi connectivity index (χ1) is 21.1. The lowest BCUT2D eigenvalue weighted by Gasteiger charge is -2.22. The van der Waals surface area contributed by atoms with E-state index in [4.69, 9.17) is 0 Å². The predicted octanol–water partition coefficient (Wildman–Crippen LogP) is 5.41. The Kier molecular flexibility index (Phi) is 10.1. The summed E-state index contributed by atoms with van der Waals surface area (Å²) in [7, 11) is -7.28. The monoisotopic (exact) mass is 638 g/mol. The molecular weight excluding hydrogens is 601 g/mol. The zero-order valence-electron chi connectivity index (χ0n) is 24.4. The Bertz CT molecular complexity index is 1540. The molecule has 0 saturated heterocycles. The van der Waals surface area contributed by atoms with Crippen molar-refractivity contribution >= 4 is 43.2 Å². The third-order valence-corrected chi connectivity index (χ3v) is 11.2. The summed E-state index contributed by atoms with van der Waals surface area (Å²) in [6.07, 6.45) is 9.69. The predicted molar refractivity (Wildman–Crippen MR) is 170 cm³/mol. The highest BCUT2D eigenvalue weighted by atomic mass is 32.2. The van der Waals surface area contributed by atoms with Gasteiger partial charge in [0.25, 0.3) is 11.8 Å². The van der Waals surface area contributed by atoms with Crippen LogP contribution < -0.4 is 20.1 Å². The van der Waals surface area contributed by atoms with Crippen molar-refractivity contribution in [2.75, 3.05) is 10.6 Å². The Morgan fingerprint density at radius 3 is 1.11 bits per heavy atom. The molecule has 2 saturated carbocycles. The summed E-state index contributed by atoms with van der Waals surface area (Å²) in [6, 6.07) is 18.0. The number of carbonyl (C=O) groups excluding carboxylic acids is 2. The Labute approximate surface area is 259 Å². The van der Waals surface area contributed by atoms with Gasteiger partial charge in [0.2, 0.25) is 20.0 Å². The molecule has 0 radical (unpaired) electrons. The number of sulfonamides is 2. The first-order valence-corrected chi connectivity index (χ1v) is 18.0. The zero-order valence-corrected chi connectivity index (χ0v) is 26.1. The van der Waals surface area contributed by atoms with Gasteiger partial charge in [-0.2, -0.15) is 0 Å². The SMILES string of the molecule is O=C(Nc1ccc(S(=O)(=O)NC2CCCCC2)cc1)c1ccc(C(=O)Nc2ccc(S(=O)(=O)NC3CCCCC3)cc2)cc1. The quantitative estimate of drug-likeness (QED) is 0.233. The van der Waals surface area contributed by atoms with Crippen molar-refractivity contribution in [1.82, 2.24) is 9.44 Å². The van der Waals surface area contributed by atoms with Crippen molar-refractivity contribution in [3.63, 3.8) is 0 Å². The first kappa shape index (κ1) is 31.8. The summed E-state index contributed by atoms with van der Waals surface area (Å²) in [5, 5.41) is 5.48. The molecule has 2 fully saturated rings. The van der Waals surface area contributed by atoms with Crippen LogP contribution in [0.15, 0.2) is 82.6 Å². The van der Waals surface area contributed by atoms with Crippen LogP contribution in [0.5, 0.6) is 0 Å². The highest BCUT2D eigenvalue weighted by molar-refractivity contribution is 7.89. The molecule has 44 heavy (non-hydrogen) atoms. The van der Waals surface area contributed by atoms with Crippen LogP contribution in [0.4, 0.5) is 11.4 Å². The molecule has 5 rings (SSSR count). The molecule has 3 aromatic rings. The van der Waals surface area contributed by atoms with E-state index in [0.29, 0.717) is 22.5 Å². The first-order valence-electron chi connectivity index (χ1n) is 15.1. The van der Waals surface area contributed by atoms with E-state index in [9.17, 15) is 26.4 Å². The van der Waals surface area contributed by atoms with Crippen molar-refractivity contribution < 1.29 is 26.4 Å². The second kappa shape index (κ2) is 14.0. The van der Waals surface area contributed by atoms with Crippen LogP contribution in [-0.2, 0) is 20.0 Å². The third-order valence-electron chi connectivity index (χ3n) is 8.11. The lowest BCUT2D eigenvalue weighted by atomic mass is 9.96. The zero-order chi connectivity index (χ0) is 31.2. The van der Waals surface area contributed by atoms with Crippen molar-refractivity contribution in [3.8, 4) is 0 Å². The van der Waals surface area contributed by atoms with Crippen LogP contribution >= 0.6 is 0 Å². The van der Waals surface area contributed by atoms with Gasteiger partial charge in [0.15, 0.2) is 0 Å². The summed E-state index contributed by atoms with van der Waals surface area (Å²) in [4.78, 5) is 25.8. The average Bonchev–Trinajstić information content (AvgIpc) is 3.02. The minimum Gasteiger partial charge on any atom is -0.322 e. The number of anilines is 2. The molecule has 2 aliphatic rings. The van der Waals surface area contributed by atoms with E-state index in [1.165, 1.54) is 72.8 Å². The van der Waals surface area contributed by atoms with E-state index in [0.717, 1.165) is 64.2 Å². The van der Waals surface area contributed by atoms with Crippen molar-refractivity contribution in [1.29, 1.82) is 0 Å². The molecule has 0 unspecified atom stereocenters. The molecule has 2 aliphatic carbocycles. The minimum absolute atomic E-state index is 0.0456. The third kappa shape index (κ3) is 8.32. The van der Waals surface area contributed by atoms with Crippen LogP contribution in [0.3, 0.4) is 0 Å². The highest BCUT2D eigenvalue weighted by Crippen LogP contribution is 2.23. The molecule has 3 aromatic carbocycles. The van der Waals surface area contributed by atoms with E-state index in [-0.39, 0.29) is 21.9 Å². The number of rotatable bonds is 10. The Morgan fingerprint density at radius 1 is 0.477 bits per heavy atom. The molecule has 0 aromatic heterocycles. The molecule has 12 heteroatoms. The Morgan fingerprint density at radius 2 is 0.795 bits per heavy atom. The largest absolute Gasteiger partial charge is 0.322 e. The van der Waals surface area contributed by atoms with Gasteiger partial charge in [-0.05, 0) is 98.5 Å². The van der Waals surface area contributed by atoms with E-state index in [2.05, 4.69) is 20.1 Å². The number of hydrogen-bond acceptors (Lipinski definition) is 6. The van der Waals surface area contributed by atoms with Crippen molar-refractivity contribution in [2.45, 2.75) is 86.1 Å². The van der Waals surface area contributed by atoms with Crippen LogP contribution in [-0.4, -0.2) is 40.7 Å². The number of carbonyl (C=O) groups is 2. The fraction of sp³-hybridized carbons (Fsp3) is 0.375. The van der Waals surface area contributed by atoms with Gasteiger partial charge < -0.3 is 10.6 Å². The molecular formula is C32H38N4O6S2. The summed E-state index contributed by atoms with van der Waals surface area (Å²) in [6.45, 7) is 0. The van der Waals surface area contributed by atoms with Crippen molar-refractivity contribution in [3.05, 3.63) is 83.9 Å². The summed E-state index contributed by atoms with van der Waals surface area (Å²) < 4.78 is 56.4. The molecule has 0 spiro atoms. The maximum Gasteiger partial charge on any atom is 0.255 e. The number of hydrogen-bond donors (Lipinski definition) is 4. The summed E-state index contributed by atoms with van der Waals surface area (Å²) >= 11 is 0. The molecule has 0 aliphatic heterocycles. The van der Waals surface area contributed by atoms with Gasteiger partial charge >= 0.3 is 0 Å². The number of amides is 2. The van der Waals surface area contributed by atoms with Crippen LogP contribution in [0.25, 0.3) is 0 Å². The van der Waals surface area contributed by atoms with E-state index < -0.39 is 31.9 Å². The molecule has 234 valence electrons. The highest BCUT2D eigenvalue weighted by Gasteiger charge is 2.23. The molecule has 4 N–H and O–H groups in total. The topological polar surface area (TPSA) is 151 Å². The fourth-order valence-corrected chi connectivity index (χ4v) is 8.24. The molecule has 2 amide bonds. The maximum absolute atomic E-state index is 12.8. The summed E-state index contributed by atoms with van der Waals surface area (Å²) in [5.74, 6) is -0.821. The number of benzene rings is 3. The lowest BCUT2D eigenvalue weighted by molar-refractivity contribution is 0.101. The second-order valence-electron chi connectivity index (χ2n) is 11.4. The van der Waals surface area contributed by atoms with E-state index >= 15 is 0 Å². The van der Waals surface area contributed by atoms with E-state index in [1.54, 1.807) is 0 Å². The molecule has 0 heterocycles. The molecule has 0 atom stereocenters. The lowest BCUT2D eigenvalue weighted by Crippen LogP contribution is -2.36. The van der Waals surface area contributed by atoms with E-state index in [1.807, 2.05) is 0 Å². The van der Waals surface area contributed by atoms with Gasteiger partial charge in [0, 0.05) is 34.6 Å². The van der Waals surface area contributed by atoms with Gasteiger partial charge in [-0.3, -0.25) is 9.59 Å².